The molecule has 0 unspecified atom stereocenters. The van der Waals surface area contributed by atoms with E-state index in [0.29, 0.717) is 12.2 Å². The number of carbonyl (C=O) groups is 2. The van der Waals surface area contributed by atoms with Crippen LogP contribution in [0.1, 0.15) is 0 Å². The third-order valence-electron chi connectivity index (χ3n) is 0.355. The number of hydrogen-bond acceptors (Lipinski definition) is 4. The molecule has 0 aromatic heterocycles. The minimum atomic E-state index is -1.55. The molecule has 0 radical (unpaired) electrons. The Balaban J connectivity index is -0.000000245. The molecule has 5 nitrogen and oxygen atoms in total. The second-order valence-electron chi connectivity index (χ2n) is 0.971. The van der Waals surface area contributed by atoms with Gasteiger partial charge in [0, 0.05) is 17.1 Å². The summed E-state index contributed by atoms with van der Waals surface area (Å²) in [6.07, 6.45) is 0.769. The van der Waals surface area contributed by atoms with Gasteiger partial charge < -0.3 is 26.0 Å². The summed E-state index contributed by atoms with van der Waals surface area (Å²) >= 11 is 0. The fraction of sp³-hybridized carbons (Fsp3) is 0. The zero-order valence-corrected chi connectivity index (χ0v) is 6.25. The number of rotatable bonds is 2. The summed E-state index contributed by atoms with van der Waals surface area (Å²) in [6.45, 7) is 0. The van der Waals surface area contributed by atoms with Gasteiger partial charge in [-0.05, 0) is 12.2 Å². The topological polar surface area (TPSA) is 117 Å². The van der Waals surface area contributed by atoms with Gasteiger partial charge in [0.2, 0.25) is 0 Å². The maximum Gasteiger partial charge on any atom is 0.0643 e. The summed E-state index contributed by atoms with van der Waals surface area (Å²) in [5.41, 5.74) is 0. The molecule has 0 aromatic carbocycles. The van der Waals surface area contributed by atoms with Crippen LogP contribution in [0.15, 0.2) is 12.2 Å². The van der Waals surface area contributed by atoms with E-state index in [1.165, 1.54) is 0 Å². The van der Waals surface area contributed by atoms with Crippen molar-refractivity contribution in [3.63, 3.8) is 0 Å². The Morgan fingerprint density at radius 3 is 1.30 bits per heavy atom. The molecule has 0 saturated carbocycles. The molecule has 0 aromatic rings. The first-order valence-corrected chi connectivity index (χ1v) is 1.73. The normalized spacial score (nSPS) is 7.60. The van der Waals surface area contributed by atoms with Crippen LogP contribution in [0.3, 0.4) is 0 Å². The van der Waals surface area contributed by atoms with Gasteiger partial charge in [-0.3, -0.25) is 0 Å². The third-order valence-corrected chi connectivity index (χ3v) is 0.355. The van der Waals surface area contributed by atoms with Gasteiger partial charge in [0.1, 0.15) is 0 Å². The van der Waals surface area contributed by atoms with Crippen molar-refractivity contribution in [2.45, 2.75) is 0 Å². The van der Waals surface area contributed by atoms with Crippen molar-refractivity contribution in [1.82, 2.24) is 6.15 Å². The van der Waals surface area contributed by atoms with Gasteiger partial charge in [0.25, 0.3) is 0 Å². The summed E-state index contributed by atoms with van der Waals surface area (Å²) < 4.78 is 0. The summed E-state index contributed by atoms with van der Waals surface area (Å²) in [5, 5.41) is 18.8. The molecule has 0 rings (SSSR count). The zero-order chi connectivity index (χ0) is 6.57. The van der Waals surface area contributed by atoms with Crippen LogP contribution < -0.4 is 16.4 Å². The SMILES string of the molecule is O=C([O-])/C=C/C(=O)[O-].[Fe].[NH4+]. The minimum Gasteiger partial charge on any atom is -0.545 e. The van der Waals surface area contributed by atoms with Crippen LogP contribution in [-0.2, 0) is 26.7 Å². The quantitative estimate of drug-likeness (QED) is 0.378. The van der Waals surface area contributed by atoms with E-state index in [-0.39, 0.29) is 23.2 Å². The maximum absolute atomic E-state index is 9.41. The molecule has 0 fully saturated rings. The predicted molar refractivity (Wildman–Crippen MR) is 25.1 cm³/mol. The van der Waals surface area contributed by atoms with Crippen molar-refractivity contribution >= 4 is 11.9 Å². The van der Waals surface area contributed by atoms with E-state index >= 15 is 0 Å². The first-order valence-electron chi connectivity index (χ1n) is 1.73. The van der Waals surface area contributed by atoms with E-state index in [9.17, 15) is 19.8 Å². The van der Waals surface area contributed by atoms with E-state index in [2.05, 4.69) is 0 Å². The summed E-state index contributed by atoms with van der Waals surface area (Å²) in [5.74, 6) is -3.09. The Labute approximate surface area is 67.8 Å². The summed E-state index contributed by atoms with van der Waals surface area (Å²) in [7, 11) is 0. The van der Waals surface area contributed by atoms with Crippen LogP contribution in [0.25, 0.3) is 0 Å². The average molecular weight is 188 g/mol. The van der Waals surface area contributed by atoms with Gasteiger partial charge in [-0.1, -0.05) is 0 Å². The van der Waals surface area contributed by atoms with E-state index in [1.807, 2.05) is 0 Å². The summed E-state index contributed by atoms with van der Waals surface area (Å²) in [4.78, 5) is 18.8. The third kappa shape index (κ3) is 15.7. The Bertz CT molecular complexity index is 128. The van der Waals surface area contributed by atoms with Gasteiger partial charge in [0.05, 0.1) is 11.9 Å². The Kier molecular flexibility index (Phi) is 13.1. The average Bonchev–Trinajstić information content (AvgIpc) is 1.61. The van der Waals surface area contributed by atoms with Crippen LogP contribution in [0, 0.1) is 0 Å². The van der Waals surface area contributed by atoms with Gasteiger partial charge in [-0.2, -0.15) is 0 Å². The molecule has 0 spiro atoms. The second-order valence-corrected chi connectivity index (χ2v) is 0.971. The fourth-order valence-electron chi connectivity index (χ4n) is 0.136. The molecule has 0 saturated heterocycles. The standard InChI is InChI=1S/C4H4O4.Fe.H3N/c5-3(6)1-2-4(7)8;;/h1-2H,(H,5,6)(H,7,8);;1H3/p-1/b2-1+;;. The van der Waals surface area contributed by atoms with Gasteiger partial charge in [0.15, 0.2) is 0 Å². The predicted octanol–water partition coefficient (Wildman–Crippen LogP) is -2.58. The smallest absolute Gasteiger partial charge is 0.0643 e. The van der Waals surface area contributed by atoms with Crippen LogP contribution in [0.5, 0.6) is 0 Å². The molecule has 60 valence electrons. The number of carboxylic acids is 2. The molecule has 0 aliphatic heterocycles. The molecule has 0 heterocycles. The van der Waals surface area contributed by atoms with Crippen LogP contribution >= 0.6 is 0 Å². The van der Waals surface area contributed by atoms with E-state index in [1.54, 1.807) is 0 Å². The van der Waals surface area contributed by atoms with Crippen LogP contribution in [0.4, 0.5) is 0 Å². The molecule has 0 atom stereocenters. The van der Waals surface area contributed by atoms with Crippen molar-refractivity contribution in [3.8, 4) is 0 Å². The number of carbonyl (C=O) groups excluding carboxylic acids is 2. The Morgan fingerprint density at radius 1 is 1.00 bits per heavy atom. The van der Waals surface area contributed by atoms with E-state index in [0.717, 1.165) is 0 Å². The number of hydrogen-bond donors (Lipinski definition) is 1. The van der Waals surface area contributed by atoms with E-state index < -0.39 is 11.9 Å². The monoisotopic (exact) mass is 188 g/mol. The Morgan fingerprint density at radius 2 is 1.20 bits per heavy atom. The second kappa shape index (κ2) is 8.16. The zero-order valence-electron chi connectivity index (χ0n) is 5.14. The summed E-state index contributed by atoms with van der Waals surface area (Å²) in [6, 6.07) is 0. The molecule has 0 aliphatic rings. The molecular weight excluding hydrogens is 182 g/mol. The molecule has 6 heteroatoms. The molecule has 4 N–H and O–H groups in total. The molecule has 0 aliphatic carbocycles. The Hall–Kier alpha value is -0.841. The number of quaternary nitrogens is 1. The molecule has 10 heavy (non-hydrogen) atoms. The van der Waals surface area contributed by atoms with Crippen LogP contribution in [0.2, 0.25) is 0 Å². The van der Waals surface area contributed by atoms with Crippen molar-refractivity contribution in [2.75, 3.05) is 0 Å². The van der Waals surface area contributed by atoms with Crippen molar-refractivity contribution in [1.29, 1.82) is 0 Å². The van der Waals surface area contributed by atoms with Crippen molar-refractivity contribution in [3.05, 3.63) is 12.2 Å². The van der Waals surface area contributed by atoms with E-state index in [4.69, 9.17) is 0 Å². The van der Waals surface area contributed by atoms with Crippen molar-refractivity contribution < 1.29 is 36.9 Å². The van der Waals surface area contributed by atoms with Gasteiger partial charge in [-0.15, -0.1) is 0 Å². The largest absolute Gasteiger partial charge is 0.545 e. The van der Waals surface area contributed by atoms with Crippen LogP contribution in [-0.4, -0.2) is 11.9 Å². The van der Waals surface area contributed by atoms with Gasteiger partial charge >= 0.3 is 0 Å². The minimum absolute atomic E-state index is 0. The number of carboxylic acid groups (broad SMARTS) is 2. The first-order chi connectivity index (χ1) is 3.63. The molecule has 0 amide bonds. The molecule has 0 bridgehead atoms. The first kappa shape index (κ1) is 16.1. The maximum atomic E-state index is 9.41. The number of aliphatic carboxylic acids is 2. The fourth-order valence-corrected chi connectivity index (χ4v) is 0.136. The molecular formula is C4H6FeNO4-. The van der Waals surface area contributed by atoms with Crippen molar-refractivity contribution in [2.24, 2.45) is 0 Å². The van der Waals surface area contributed by atoms with Gasteiger partial charge in [-0.25, -0.2) is 0 Å².